The average Bonchev–Trinajstić information content (AvgIpc) is 2.82. The second-order valence-corrected chi connectivity index (χ2v) is 4.51. The van der Waals surface area contributed by atoms with Crippen molar-refractivity contribution in [2.24, 2.45) is 5.92 Å². The van der Waals surface area contributed by atoms with E-state index in [1.807, 2.05) is 0 Å². The number of nitrogens with zero attached hydrogens (tertiary/aromatic N) is 3. The molecule has 1 aromatic heterocycles. The molecule has 1 aromatic carbocycles. The molecule has 0 saturated heterocycles. The molecule has 2 rings (SSSR count). The molecule has 2 aromatic rings. The molecular weight excluding hydrogens is 212 g/mol. The normalized spacial score (nSPS) is 10.8. The van der Waals surface area contributed by atoms with Crippen molar-refractivity contribution in [3.8, 4) is 0 Å². The van der Waals surface area contributed by atoms with Crippen LogP contribution >= 0.6 is 0 Å². The Labute approximate surface area is 101 Å². The predicted octanol–water partition coefficient (Wildman–Crippen LogP) is 2.46. The highest BCUT2D eigenvalue weighted by atomic mass is 15.5. The maximum atomic E-state index is 3.97. The van der Waals surface area contributed by atoms with Crippen LogP contribution in [-0.2, 0) is 6.42 Å². The second-order valence-electron chi connectivity index (χ2n) is 4.51. The Morgan fingerprint density at radius 1 is 1.29 bits per heavy atom. The van der Waals surface area contributed by atoms with Crippen LogP contribution in [0.3, 0.4) is 0 Å². The molecule has 0 aliphatic rings. The Kier molecular flexibility index (Phi) is 3.32. The van der Waals surface area contributed by atoms with Crippen LogP contribution in [0.5, 0.6) is 0 Å². The first-order chi connectivity index (χ1) is 8.16. The monoisotopic (exact) mass is 228 g/mol. The zero-order valence-corrected chi connectivity index (χ0v) is 10.1. The molecule has 0 aliphatic heterocycles. The summed E-state index contributed by atoms with van der Waals surface area (Å²) in [6.07, 6.45) is 1.09. The van der Waals surface area contributed by atoms with E-state index in [1.165, 1.54) is 5.56 Å². The Morgan fingerprint density at radius 2 is 2.00 bits per heavy atom. The molecule has 4 nitrogen and oxygen atoms in total. The molecular formula is C13H16N4. The lowest BCUT2D eigenvalue weighted by molar-refractivity contribution is 0.647. The van der Waals surface area contributed by atoms with Gasteiger partial charge in [0.2, 0.25) is 5.82 Å². The van der Waals surface area contributed by atoms with Crippen molar-refractivity contribution in [1.29, 1.82) is 0 Å². The first kappa shape index (κ1) is 11.5. The summed E-state index contributed by atoms with van der Waals surface area (Å²) >= 11 is 0. The van der Waals surface area contributed by atoms with Gasteiger partial charge in [-0.2, -0.15) is 5.21 Å². The first-order valence-electron chi connectivity index (χ1n) is 5.69. The van der Waals surface area contributed by atoms with Crippen molar-refractivity contribution < 1.29 is 0 Å². The van der Waals surface area contributed by atoms with Gasteiger partial charge < -0.3 is 0 Å². The number of aromatic nitrogens is 4. The smallest absolute Gasteiger partial charge is 0.177 e. The largest absolute Gasteiger partial charge is 0.204 e. The third-order valence-corrected chi connectivity index (χ3v) is 2.56. The standard InChI is InChI=1S/C13H16N4/c1-9(2)8-11-4-6-12(7-5-11)10(3)13-14-16-17-15-13/h4-7,9H,3,8H2,1-2H3,(H,14,15,16,17). The summed E-state index contributed by atoms with van der Waals surface area (Å²) < 4.78 is 0. The molecule has 17 heavy (non-hydrogen) atoms. The Bertz CT molecular complexity index is 483. The molecule has 0 radical (unpaired) electrons. The number of hydrogen-bond donors (Lipinski definition) is 1. The molecule has 0 atom stereocenters. The van der Waals surface area contributed by atoms with E-state index in [4.69, 9.17) is 0 Å². The zero-order chi connectivity index (χ0) is 12.3. The van der Waals surface area contributed by atoms with Crippen molar-refractivity contribution >= 4 is 5.57 Å². The van der Waals surface area contributed by atoms with Crippen molar-refractivity contribution in [1.82, 2.24) is 20.6 Å². The van der Waals surface area contributed by atoms with Gasteiger partial charge in [0, 0.05) is 5.57 Å². The van der Waals surface area contributed by atoms with Gasteiger partial charge in [0.05, 0.1) is 0 Å². The first-order valence-corrected chi connectivity index (χ1v) is 5.69. The number of nitrogens with one attached hydrogen (secondary N) is 1. The van der Waals surface area contributed by atoms with Gasteiger partial charge in [-0.3, -0.25) is 0 Å². The van der Waals surface area contributed by atoms with Crippen LogP contribution in [0, 0.1) is 5.92 Å². The van der Waals surface area contributed by atoms with E-state index < -0.39 is 0 Å². The molecule has 0 saturated carbocycles. The molecule has 0 spiro atoms. The third-order valence-electron chi connectivity index (χ3n) is 2.56. The number of hydrogen-bond acceptors (Lipinski definition) is 3. The maximum Gasteiger partial charge on any atom is 0.204 e. The third kappa shape index (κ3) is 2.78. The predicted molar refractivity (Wildman–Crippen MR) is 67.3 cm³/mol. The van der Waals surface area contributed by atoms with Crippen molar-refractivity contribution in [2.45, 2.75) is 20.3 Å². The average molecular weight is 228 g/mol. The topological polar surface area (TPSA) is 54.5 Å². The van der Waals surface area contributed by atoms with Crippen molar-refractivity contribution in [2.75, 3.05) is 0 Å². The fourth-order valence-corrected chi connectivity index (χ4v) is 1.73. The molecule has 1 heterocycles. The van der Waals surface area contributed by atoms with Crippen molar-refractivity contribution in [3.63, 3.8) is 0 Å². The lowest BCUT2D eigenvalue weighted by Gasteiger charge is -2.06. The highest BCUT2D eigenvalue weighted by Crippen LogP contribution is 2.18. The van der Waals surface area contributed by atoms with Crippen LogP contribution in [0.1, 0.15) is 30.8 Å². The van der Waals surface area contributed by atoms with Gasteiger partial charge in [-0.25, -0.2) is 0 Å². The summed E-state index contributed by atoms with van der Waals surface area (Å²) in [6.45, 7) is 8.40. The van der Waals surface area contributed by atoms with Crippen LogP contribution in [0.2, 0.25) is 0 Å². The molecule has 0 fully saturated rings. The van der Waals surface area contributed by atoms with Crippen molar-refractivity contribution in [3.05, 3.63) is 47.8 Å². The highest BCUT2D eigenvalue weighted by Gasteiger charge is 2.06. The van der Waals surface area contributed by atoms with Gasteiger partial charge in [-0.15, -0.1) is 10.2 Å². The summed E-state index contributed by atoms with van der Waals surface area (Å²) in [5, 5.41) is 13.8. The maximum absolute atomic E-state index is 3.97. The van der Waals surface area contributed by atoms with E-state index >= 15 is 0 Å². The minimum absolute atomic E-state index is 0.543. The van der Waals surface area contributed by atoms with Gasteiger partial charge in [0.15, 0.2) is 0 Å². The van der Waals surface area contributed by atoms with Gasteiger partial charge in [-0.05, 0) is 28.7 Å². The Morgan fingerprint density at radius 3 is 2.53 bits per heavy atom. The van der Waals surface area contributed by atoms with E-state index in [9.17, 15) is 0 Å². The molecule has 88 valence electrons. The molecule has 1 N–H and O–H groups in total. The summed E-state index contributed by atoms with van der Waals surface area (Å²) in [4.78, 5) is 0. The zero-order valence-electron chi connectivity index (χ0n) is 10.1. The van der Waals surface area contributed by atoms with E-state index in [-0.39, 0.29) is 0 Å². The summed E-state index contributed by atoms with van der Waals surface area (Å²) in [5.41, 5.74) is 3.15. The van der Waals surface area contributed by atoms with Gasteiger partial charge in [0.25, 0.3) is 0 Å². The van der Waals surface area contributed by atoms with E-state index in [0.717, 1.165) is 17.6 Å². The second kappa shape index (κ2) is 4.91. The summed E-state index contributed by atoms with van der Waals surface area (Å²) in [5.74, 6) is 1.21. The minimum atomic E-state index is 0.543. The number of tetrazole rings is 1. The SMILES string of the molecule is C=C(c1ccc(CC(C)C)cc1)c1nn[nH]n1. The van der Waals surface area contributed by atoms with Gasteiger partial charge in [0.1, 0.15) is 0 Å². The number of rotatable bonds is 4. The summed E-state index contributed by atoms with van der Waals surface area (Å²) in [6, 6.07) is 8.36. The molecule has 0 bridgehead atoms. The number of benzene rings is 1. The molecule has 0 unspecified atom stereocenters. The fraction of sp³-hybridized carbons (Fsp3) is 0.308. The number of H-pyrrole nitrogens is 1. The van der Waals surface area contributed by atoms with E-state index in [2.05, 4.69) is 65.3 Å². The molecule has 4 heteroatoms. The lowest BCUT2D eigenvalue weighted by Crippen LogP contribution is -1.95. The lowest BCUT2D eigenvalue weighted by atomic mass is 9.99. The Hall–Kier alpha value is -1.97. The van der Waals surface area contributed by atoms with E-state index in [1.54, 1.807) is 0 Å². The van der Waals surface area contributed by atoms with Crippen LogP contribution in [0.25, 0.3) is 5.57 Å². The van der Waals surface area contributed by atoms with Crippen LogP contribution in [0.4, 0.5) is 0 Å². The molecule has 0 aliphatic carbocycles. The van der Waals surface area contributed by atoms with E-state index in [0.29, 0.717) is 11.7 Å². The minimum Gasteiger partial charge on any atom is -0.177 e. The highest BCUT2D eigenvalue weighted by molar-refractivity contribution is 5.73. The Balaban J connectivity index is 2.15. The van der Waals surface area contributed by atoms with Crippen LogP contribution in [-0.4, -0.2) is 20.6 Å². The summed E-state index contributed by atoms with van der Waals surface area (Å²) in [7, 11) is 0. The number of aromatic amines is 1. The van der Waals surface area contributed by atoms with Gasteiger partial charge >= 0.3 is 0 Å². The van der Waals surface area contributed by atoms with Crippen LogP contribution < -0.4 is 0 Å². The molecule has 0 amide bonds. The van der Waals surface area contributed by atoms with Crippen LogP contribution in [0.15, 0.2) is 30.8 Å². The fourth-order valence-electron chi connectivity index (χ4n) is 1.73. The quantitative estimate of drug-likeness (QED) is 0.874. The van der Waals surface area contributed by atoms with Gasteiger partial charge in [-0.1, -0.05) is 44.7 Å².